The van der Waals surface area contributed by atoms with Crippen LogP contribution in [0.15, 0.2) is 89.7 Å². The number of hydrogen-bond acceptors (Lipinski definition) is 3. The molecule has 0 atom stereocenters. The Balaban J connectivity index is 1.42. The highest BCUT2D eigenvalue weighted by atomic mass is 16.3. The number of rotatable bonds is 8. The number of aromatic amines is 1. The molecule has 0 spiro atoms. The lowest BCUT2D eigenvalue weighted by molar-refractivity contribution is 0.0949. The summed E-state index contributed by atoms with van der Waals surface area (Å²) in [6.45, 7) is 2.51. The molecule has 1 amide bonds. The summed E-state index contributed by atoms with van der Waals surface area (Å²) in [6.07, 6.45) is 3.89. The lowest BCUT2D eigenvalue weighted by Crippen LogP contribution is -2.26. The number of carbonyl (C=O) groups is 1. The third-order valence-corrected chi connectivity index (χ3v) is 6.09. The molecule has 0 saturated heterocycles. The highest BCUT2D eigenvalue weighted by Gasteiger charge is 2.13. The zero-order valence-corrected chi connectivity index (χ0v) is 20.9. The van der Waals surface area contributed by atoms with Gasteiger partial charge in [0.25, 0.3) is 5.91 Å². The Bertz CT molecular complexity index is 1460. The molecule has 0 aliphatic rings. The summed E-state index contributed by atoms with van der Waals surface area (Å²) >= 11 is 0. The molecule has 3 N–H and O–H groups in total. The first-order valence-electron chi connectivity index (χ1n) is 12.5. The van der Waals surface area contributed by atoms with E-state index in [9.17, 15) is 14.7 Å². The molecule has 0 aliphatic heterocycles. The molecule has 0 bridgehead atoms. The molecule has 4 aromatic rings. The molecular weight excluding hydrogens is 460 g/mol. The summed E-state index contributed by atoms with van der Waals surface area (Å²) in [6, 6.07) is 25.8. The smallest absolute Gasteiger partial charge is 0.253 e. The minimum absolute atomic E-state index is 0.173. The molecule has 0 fully saturated rings. The Morgan fingerprint density at radius 1 is 0.811 bits per heavy atom. The van der Waals surface area contributed by atoms with E-state index in [-0.39, 0.29) is 17.2 Å². The monoisotopic (exact) mass is 490 g/mol. The molecule has 1 heterocycles. The van der Waals surface area contributed by atoms with E-state index in [1.54, 1.807) is 30.3 Å². The van der Waals surface area contributed by atoms with E-state index >= 15 is 0 Å². The average Bonchev–Trinajstić information content (AvgIpc) is 2.92. The van der Waals surface area contributed by atoms with Crippen LogP contribution in [0.25, 0.3) is 0 Å². The van der Waals surface area contributed by atoms with E-state index in [0.717, 1.165) is 28.7 Å². The number of nitrogens with one attached hydrogen (secondary N) is 2. The fraction of sp³-hybridized carbons (Fsp3) is 0.188. The Hall–Kier alpha value is -4.56. The van der Waals surface area contributed by atoms with Crippen LogP contribution in [-0.2, 0) is 19.4 Å². The van der Waals surface area contributed by atoms with Crippen LogP contribution in [0.4, 0.5) is 0 Å². The van der Waals surface area contributed by atoms with Gasteiger partial charge in [-0.1, -0.05) is 61.6 Å². The van der Waals surface area contributed by atoms with Crippen molar-refractivity contribution in [3.05, 3.63) is 134 Å². The van der Waals surface area contributed by atoms with Gasteiger partial charge in [0.05, 0.1) is 5.56 Å². The summed E-state index contributed by atoms with van der Waals surface area (Å²) in [5.41, 5.74) is 5.75. The Morgan fingerprint density at radius 3 is 2.03 bits per heavy atom. The summed E-state index contributed by atoms with van der Waals surface area (Å²) < 4.78 is 0. The van der Waals surface area contributed by atoms with Gasteiger partial charge in [0.2, 0.25) is 5.56 Å². The third-order valence-electron chi connectivity index (χ3n) is 6.09. The van der Waals surface area contributed by atoms with Gasteiger partial charge in [0, 0.05) is 35.9 Å². The molecule has 3 aromatic carbocycles. The van der Waals surface area contributed by atoms with E-state index < -0.39 is 0 Å². The Labute approximate surface area is 217 Å². The number of aryl methyl sites for hydroxylation is 1. The number of H-pyrrole nitrogens is 1. The summed E-state index contributed by atoms with van der Waals surface area (Å²) in [4.78, 5) is 27.6. The maximum atomic E-state index is 12.9. The fourth-order valence-corrected chi connectivity index (χ4v) is 3.95. The zero-order chi connectivity index (χ0) is 26.0. The van der Waals surface area contributed by atoms with Crippen LogP contribution in [0.1, 0.15) is 63.6 Å². The molecule has 37 heavy (non-hydrogen) atoms. The summed E-state index contributed by atoms with van der Waals surface area (Å²) in [7, 11) is 0. The number of benzene rings is 3. The van der Waals surface area contributed by atoms with Crippen molar-refractivity contribution in [2.45, 2.75) is 39.2 Å². The van der Waals surface area contributed by atoms with Gasteiger partial charge in [-0.05, 0) is 72.0 Å². The number of phenols is 1. The van der Waals surface area contributed by atoms with Crippen molar-refractivity contribution in [3.8, 4) is 17.6 Å². The van der Waals surface area contributed by atoms with Gasteiger partial charge < -0.3 is 15.4 Å². The van der Waals surface area contributed by atoms with E-state index in [2.05, 4.69) is 53.3 Å². The lowest BCUT2D eigenvalue weighted by atomic mass is 10.0. The predicted molar refractivity (Wildman–Crippen MR) is 147 cm³/mol. The summed E-state index contributed by atoms with van der Waals surface area (Å²) in [5, 5.41) is 12.3. The maximum absolute atomic E-state index is 12.9. The standard InChI is InChI=1S/C32H30N2O3/c1-2-3-4-23-5-7-24(8-6-23)9-10-25-11-13-26(14-12-25)21-30-29(19-20-31(36)34-30)32(37)33-22-27-15-17-28(35)18-16-27/h5-8,11-20,35H,2-4,21-22H2,1H3,(H,33,37)(H,34,36). The second-order valence-corrected chi connectivity index (χ2v) is 8.99. The number of aromatic hydroxyl groups is 1. The molecule has 0 aliphatic carbocycles. The van der Waals surface area contributed by atoms with E-state index in [0.29, 0.717) is 24.2 Å². The van der Waals surface area contributed by atoms with Gasteiger partial charge in [-0.25, -0.2) is 0 Å². The highest BCUT2D eigenvalue weighted by molar-refractivity contribution is 5.95. The van der Waals surface area contributed by atoms with Gasteiger partial charge in [0.15, 0.2) is 0 Å². The van der Waals surface area contributed by atoms with Crippen molar-refractivity contribution in [2.75, 3.05) is 0 Å². The van der Waals surface area contributed by atoms with Crippen molar-refractivity contribution >= 4 is 5.91 Å². The Morgan fingerprint density at radius 2 is 1.41 bits per heavy atom. The van der Waals surface area contributed by atoms with E-state index in [1.807, 2.05) is 24.3 Å². The molecule has 0 radical (unpaired) electrons. The normalized spacial score (nSPS) is 10.4. The average molecular weight is 491 g/mol. The van der Waals surface area contributed by atoms with Gasteiger partial charge in [0.1, 0.15) is 5.75 Å². The largest absolute Gasteiger partial charge is 0.508 e. The van der Waals surface area contributed by atoms with Crippen molar-refractivity contribution in [3.63, 3.8) is 0 Å². The quantitative estimate of drug-likeness (QED) is 0.292. The van der Waals surface area contributed by atoms with Gasteiger partial charge in [-0.3, -0.25) is 9.59 Å². The van der Waals surface area contributed by atoms with E-state index in [1.165, 1.54) is 24.5 Å². The van der Waals surface area contributed by atoms with Crippen molar-refractivity contribution in [1.29, 1.82) is 0 Å². The SMILES string of the molecule is CCCCc1ccc(C#Cc2ccc(Cc3[nH]c(=O)ccc3C(=O)NCc3ccc(O)cc3)cc2)cc1. The van der Waals surface area contributed by atoms with Crippen molar-refractivity contribution < 1.29 is 9.90 Å². The van der Waals surface area contributed by atoms with Crippen LogP contribution in [0.2, 0.25) is 0 Å². The predicted octanol–water partition coefficient (Wildman–Crippen LogP) is 5.34. The van der Waals surface area contributed by atoms with Crippen molar-refractivity contribution in [2.24, 2.45) is 0 Å². The molecule has 0 saturated carbocycles. The molecule has 5 heteroatoms. The van der Waals surface area contributed by atoms with Crippen LogP contribution in [0, 0.1) is 11.8 Å². The molecular formula is C32H30N2O3. The van der Waals surface area contributed by atoms with Crippen LogP contribution in [-0.4, -0.2) is 16.0 Å². The second kappa shape index (κ2) is 12.4. The van der Waals surface area contributed by atoms with Crippen LogP contribution in [0.5, 0.6) is 5.75 Å². The van der Waals surface area contributed by atoms with E-state index in [4.69, 9.17) is 0 Å². The van der Waals surface area contributed by atoms with Crippen molar-refractivity contribution in [1.82, 2.24) is 10.3 Å². The maximum Gasteiger partial charge on any atom is 0.253 e. The topological polar surface area (TPSA) is 82.2 Å². The molecule has 4 rings (SSSR count). The van der Waals surface area contributed by atoms with Crippen LogP contribution < -0.4 is 10.9 Å². The number of pyridine rings is 1. The third kappa shape index (κ3) is 7.46. The van der Waals surface area contributed by atoms with Crippen LogP contribution >= 0.6 is 0 Å². The number of phenolic OH excluding ortho intramolecular Hbond substituents is 1. The number of aromatic nitrogens is 1. The first-order chi connectivity index (χ1) is 18.0. The number of hydrogen-bond donors (Lipinski definition) is 3. The Kier molecular flexibility index (Phi) is 8.57. The summed E-state index contributed by atoms with van der Waals surface area (Å²) in [5.74, 6) is 6.31. The molecule has 186 valence electrons. The minimum atomic E-state index is -0.275. The highest BCUT2D eigenvalue weighted by Crippen LogP contribution is 2.14. The van der Waals surface area contributed by atoms with Gasteiger partial charge in [-0.15, -0.1) is 0 Å². The van der Waals surface area contributed by atoms with Gasteiger partial charge in [-0.2, -0.15) is 0 Å². The number of carbonyl (C=O) groups excluding carboxylic acids is 1. The second-order valence-electron chi connectivity index (χ2n) is 8.99. The lowest BCUT2D eigenvalue weighted by Gasteiger charge is -2.10. The minimum Gasteiger partial charge on any atom is -0.508 e. The van der Waals surface area contributed by atoms with Crippen LogP contribution in [0.3, 0.4) is 0 Å². The first kappa shape index (κ1) is 25.5. The molecule has 0 unspecified atom stereocenters. The fourth-order valence-electron chi connectivity index (χ4n) is 3.95. The zero-order valence-electron chi connectivity index (χ0n) is 20.9. The molecule has 1 aromatic heterocycles. The van der Waals surface area contributed by atoms with Gasteiger partial charge >= 0.3 is 0 Å². The first-order valence-corrected chi connectivity index (χ1v) is 12.5. The molecule has 5 nitrogen and oxygen atoms in total. The number of amides is 1. The number of unbranched alkanes of at least 4 members (excludes halogenated alkanes) is 1.